The minimum absolute atomic E-state index is 0.0512. The Hall–Kier alpha value is -1.40. The highest BCUT2D eigenvalue weighted by molar-refractivity contribution is 7.90. The van der Waals surface area contributed by atoms with Crippen LogP contribution in [0.3, 0.4) is 0 Å². The Morgan fingerprint density at radius 2 is 2.00 bits per heavy atom. The summed E-state index contributed by atoms with van der Waals surface area (Å²) >= 11 is 5.75. The van der Waals surface area contributed by atoms with Crippen LogP contribution in [0.25, 0.3) is 0 Å². The molecular formula is C11H12ClNO4S. The summed E-state index contributed by atoms with van der Waals surface area (Å²) in [4.78, 5) is 21.7. The second-order valence-electron chi connectivity index (χ2n) is 3.93. The predicted molar refractivity (Wildman–Crippen MR) is 67.0 cm³/mol. The van der Waals surface area contributed by atoms with Gasteiger partial charge >= 0.3 is 0 Å². The van der Waals surface area contributed by atoms with Gasteiger partial charge in [0.25, 0.3) is 10.0 Å². The number of hydrogen-bond donors (Lipinski definition) is 1. The Kier molecular flexibility index (Phi) is 4.48. The third-order valence-electron chi connectivity index (χ3n) is 2.14. The van der Waals surface area contributed by atoms with Crippen LogP contribution >= 0.6 is 11.6 Å². The lowest BCUT2D eigenvalue weighted by atomic mass is 10.2. The minimum atomic E-state index is -4.06. The molecule has 7 heteroatoms. The van der Waals surface area contributed by atoms with Gasteiger partial charge in [-0.05, 0) is 12.1 Å². The monoisotopic (exact) mass is 289 g/mol. The molecule has 0 saturated carbocycles. The van der Waals surface area contributed by atoms with Crippen molar-refractivity contribution in [2.75, 3.05) is 0 Å². The number of carbonyl (C=O) groups excluding carboxylic acids is 2. The lowest BCUT2D eigenvalue weighted by Crippen LogP contribution is -2.33. The average molecular weight is 290 g/mol. The third-order valence-corrected chi connectivity index (χ3v) is 3.97. The highest BCUT2D eigenvalue weighted by Crippen LogP contribution is 2.22. The molecule has 1 amide bonds. The van der Waals surface area contributed by atoms with Gasteiger partial charge in [0.15, 0.2) is 0 Å². The van der Waals surface area contributed by atoms with Gasteiger partial charge < -0.3 is 0 Å². The maximum absolute atomic E-state index is 11.9. The van der Waals surface area contributed by atoms with Crippen molar-refractivity contribution in [3.05, 3.63) is 28.8 Å². The summed E-state index contributed by atoms with van der Waals surface area (Å²) in [5.41, 5.74) is 0.164. The Morgan fingerprint density at radius 3 is 2.50 bits per heavy atom. The van der Waals surface area contributed by atoms with Crippen molar-refractivity contribution in [3.8, 4) is 0 Å². The van der Waals surface area contributed by atoms with Crippen molar-refractivity contribution in [1.29, 1.82) is 0 Å². The van der Waals surface area contributed by atoms with Crippen LogP contribution in [-0.4, -0.2) is 20.6 Å². The number of rotatable bonds is 4. The van der Waals surface area contributed by atoms with Crippen molar-refractivity contribution in [3.63, 3.8) is 0 Å². The second kappa shape index (κ2) is 5.49. The summed E-state index contributed by atoms with van der Waals surface area (Å²) in [5, 5.41) is -0.0512. The fourth-order valence-electron chi connectivity index (χ4n) is 1.10. The standard InChI is InChI=1S/C11H12ClNO4S/c1-7(2)11(15)13-18(16,17)10-5-8(6-14)3-4-9(10)12/h3-7H,1-2H3,(H,13,15). The number of halogens is 1. The first-order valence-corrected chi connectivity index (χ1v) is 6.95. The largest absolute Gasteiger partial charge is 0.298 e. The Balaban J connectivity index is 3.20. The van der Waals surface area contributed by atoms with Crippen molar-refractivity contribution >= 4 is 33.8 Å². The van der Waals surface area contributed by atoms with Gasteiger partial charge in [-0.25, -0.2) is 13.1 Å². The number of nitrogens with one attached hydrogen (secondary N) is 1. The number of carbonyl (C=O) groups is 2. The summed E-state index contributed by atoms with van der Waals surface area (Å²) in [6.07, 6.45) is 0.500. The SMILES string of the molecule is CC(C)C(=O)NS(=O)(=O)c1cc(C=O)ccc1Cl. The van der Waals surface area contributed by atoms with E-state index in [2.05, 4.69) is 0 Å². The minimum Gasteiger partial charge on any atom is -0.298 e. The molecule has 0 aliphatic rings. The van der Waals surface area contributed by atoms with E-state index in [1.165, 1.54) is 12.1 Å². The van der Waals surface area contributed by atoms with E-state index in [1.807, 2.05) is 4.72 Å². The lowest BCUT2D eigenvalue weighted by Gasteiger charge is -2.10. The highest BCUT2D eigenvalue weighted by Gasteiger charge is 2.22. The molecule has 0 aliphatic carbocycles. The number of amides is 1. The van der Waals surface area contributed by atoms with Gasteiger partial charge in [-0.15, -0.1) is 0 Å². The second-order valence-corrected chi connectivity index (χ2v) is 5.99. The smallest absolute Gasteiger partial charge is 0.265 e. The van der Waals surface area contributed by atoms with E-state index < -0.39 is 21.8 Å². The molecule has 0 unspecified atom stereocenters. The Bertz CT molecular complexity index is 581. The van der Waals surface area contributed by atoms with Gasteiger partial charge in [0.05, 0.1) is 5.02 Å². The van der Waals surface area contributed by atoms with Crippen molar-refractivity contribution in [1.82, 2.24) is 4.72 Å². The van der Waals surface area contributed by atoms with Crippen LogP contribution in [0.5, 0.6) is 0 Å². The molecule has 0 atom stereocenters. The van der Waals surface area contributed by atoms with Crippen LogP contribution in [0.15, 0.2) is 23.1 Å². The number of benzene rings is 1. The van der Waals surface area contributed by atoms with E-state index in [-0.39, 0.29) is 15.5 Å². The van der Waals surface area contributed by atoms with Crippen LogP contribution in [0.4, 0.5) is 0 Å². The molecule has 0 fully saturated rings. The van der Waals surface area contributed by atoms with E-state index in [0.717, 1.165) is 6.07 Å². The van der Waals surface area contributed by atoms with Crippen molar-refractivity contribution in [2.45, 2.75) is 18.7 Å². The quantitative estimate of drug-likeness (QED) is 0.854. The lowest BCUT2D eigenvalue weighted by molar-refractivity contribution is -0.122. The first-order valence-electron chi connectivity index (χ1n) is 5.09. The van der Waals surface area contributed by atoms with E-state index >= 15 is 0 Å². The molecule has 0 radical (unpaired) electrons. The number of sulfonamides is 1. The Labute approximate surface area is 110 Å². The van der Waals surface area contributed by atoms with Gasteiger partial charge in [-0.2, -0.15) is 0 Å². The normalized spacial score (nSPS) is 11.3. The molecule has 1 N–H and O–H groups in total. The molecule has 0 bridgehead atoms. The fourth-order valence-corrected chi connectivity index (χ4v) is 2.75. The number of hydrogen-bond acceptors (Lipinski definition) is 4. The summed E-state index contributed by atoms with van der Waals surface area (Å²) in [6.45, 7) is 3.13. The predicted octanol–water partition coefficient (Wildman–Crippen LogP) is 1.61. The van der Waals surface area contributed by atoms with Crippen molar-refractivity contribution in [2.24, 2.45) is 5.92 Å². The zero-order chi connectivity index (χ0) is 13.9. The molecule has 0 aliphatic heterocycles. The van der Waals surface area contributed by atoms with Gasteiger partial charge in [0, 0.05) is 11.5 Å². The summed E-state index contributed by atoms with van der Waals surface area (Å²) in [7, 11) is -4.06. The molecule has 1 rings (SSSR count). The van der Waals surface area contributed by atoms with Crippen LogP contribution in [0.2, 0.25) is 5.02 Å². The highest BCUT2D eigenvalue weighted by atomic mass is 35.5. The van der Waals surface area contributed by atoms with Gasteiger partial charge in [0.2, 0.25) is 5.91 Å². The molecular weight excluding hydrogens is 278 g/mol. The summed E-state index contributed by atoms with van der Waals surface area (Å²) in [6, 6.07) is 3.80. The molecule has 98 valence electrons. The van der Waals surface area contributed by atoms with E-state index in [9.17, 15) is 18.0 Å². The maximum atomic E-state index is 11.9. The number of aldehydes is 1. The van der Waals surface area contributed by atoms with Gasteiger partial charge in [-0.1, -0.05) is 31.5 Å². The summed E-state index contributed by atoms with van der Waals surface area (Å²) < 4.78 is 25.7. The van der Waals surface area contributed by atoms with Crippen molar-refractivity contribution < 1.29 is 18.0 Å². The molecule has 18 heavy (non-hydrogen) atoms. The molecule has 5 nitrogen and oxygen atoms in total. The van der Waals surface area contributed by atoms with Gasteiger partial charge in [-0.3, -0.25) is 9.59 Å². The van der Waals surface area contributed by atoms with E-state index in [4.69, 9.17) is 11.6 Å². The molecule has 0 spiro atoms. The van der Waals surface area contributed by atoms with E-state index in [0.29, 0.717) is 6.29 Å². The topological polar surface area (TPSA) is 80.3 Å². The van der Waals surface area contributed by atoms with Crippen LogP contribution in [0.1, 0.15) is 24.2 Å². The van der Waals surface area contributed by atoms with Crippen LogP contribution in [0, 0.1) is 5.92 Å². The van der Waals surface area contributed by atoms with Crippen LogP contribution in [-0.2, 0) is 14.8 Å². The van der Waals surface area contributed by atoms with Gasteiger partial charge in [0.1, 0.15) is 11.2 Å². The zero-order valence-electron chi connectivity index (χ0n) is 9.81. The molecule has 1 aromatic carbocycles. The third kappa shape index (κ3) is 3.30. The molecule has 0 saturated heterocycles. The molecule has 1 aromatic rings. The zero-order valence-corrected chi connectivity index (χ0v) is 11.4. The summed E-state index contributed by atoms with van der Waals surface area (Å²) in [5.74, 6) is -1.12. The first kappa shape index (κ1) is 14.7. The maximum Gasteiger partial charge on any atom is 0.265 e. The molecule has 0 aromatic heterocycles. The van der Waals surface area contributed by atoms with E-state index in [1.54, 1.807) is 13.8 Å². The average Bonchev–Trinajstić information content (AvgIpc) is 2.28. The fraction of sp³-hybridized carbons (Fsp3) is 0.273. The Morgan fingerprint density at radius 1 is 1.39 bits per heavy atom. The van der Waals surface area contributed by atoms with Crippen LogP contribution < -0.4 is 4.72 Å². The molecule has 0 heterocycles. The first-order chi connectivity index (χ1) is 8.27.